The molecule has 0 aliphatic rings. The van der Waals surface area contributed by atoms with Crippen molar-refractivity contribution in [1.29, 1.82) is 0 Å². The van der Waals surface area contributed by atoms with Crippen LogP contribution in [0, 0.1) is 0 Å². The third-order valence-corrected chi connectivity index (χ3v) is 6.46. The topological polar surface area (TPSA) is 192 Å². The van der Waals surface area contributed by atoms with Gasteiger partial charge in [0.1, 0.15) is 0 Å². The molecule has 4 N–H and O–H groups in total. The van der Waals surface area contributed by atoms with E-state index in [0.717, 1.165) is 58.3 Å². The second-order valence-electron chi connectivity index (χ2n) is 7.70. The number of nitrogens with one attached hydrogen (secondary N) is 4. The molecule has 12 nitrogen and oxygen atoms in total. The Hall–Kier alpha value is -3.49. The zero-order chi connectivity index (χ0) is 29.1. The van der Waals surface area contributed by atoms with Crippen molar-refractivity contribution in [3.8, 4) is 22.5 Å². The van der Waals surface area contributed by atoms with E-state index in [2.05, 4.69) is 65.8 Å². The number of H-pyrrole nitrogens is 2. The van der Waals surface area contributed by atoms with Crippen LogP contribution in [0.15, 0.2) is 60.9 Å². The van der Waals surface area contributed by atoms with E-state index in [0.29, 0.717) is 11.1 Å². The molecular formula is C27H26N6O6P2V2. The summed E-state index contributed by atoms with van der Waals surface area (Å²) in [7, 11) is 2.15. The van der Waals surface area contributed by atoms with Gasteiger partial charge in [0.15, 0.2) is 0 Å². The minimum absolute atomic E-state index is 0. The smallest absolute Gasteiger partial charge is 0.632 e. The van der Waals surface area contributed by atoms with E-state index >= 15 is 0 Å². The molecule has 16 heteroatoms. The number of benzene rings is 3. The molecule has 2 radical (unpaired) electrons. The number of ether oxygens (including phenoxy) is 2. The Morgan fingerprint density at radius 2 is 1.05 bits per heavy atom. The summed E-state index contributed by atoms with van der Waals surface area (Å²) in [4.78, 5) is 54.5. The number of methoxy groups -OCH3 is 2. The molecule has 0 saturated heterocycles. The summed E-state index contributed by atoms with van der Waals surface area (Å²) in [5, 5.41) is 4.52. The van der Waals surface area contributed by atoms with Crippen LogP contribution in [0.4, 0.5) is 9.59 Å². The van der Waals surface area contributed by atoms with Crippen LogP contribution in [0.25, 0.3) is 55.5 Å². The first-order valence-corrected chi connectivity index (χ1v) is 13.2. The zero-order valence-corrected chi connectivity index (χ0v) is 26.8. The van der Waals surface area contributed by atoms with Crippen LogP contribution in [-0.2, 0) is 56.2 Å². The van der Waals surface area contributed by atoms with E-state index in [1.165, 1.54) is 0 Å². The number of carbonyl (C=O) groups is 2. The summed E-state index contributed by atoms with van der Waals surface area (Å²) < 4.78 is 7.56. The molecule has 220 valence electrons. The van der Waals surface area contributed by atoms with Gasteiger partial charge >= 0.3 is 37.1 Å². The van der Waals surface area contributed by atoms with Gasteiger partial charge in [0, 0.05) is 11.1 Å². The van der Waals surface area contributed by atoms with Crippen LogP contribution in [-0.4, -0.2) is 58.4 Å². The van der Waals surface area contributed by atoms with Gasteiger partial charge < -0.3 is 40.5 Å². The fraction of sp³-hybridized carbons (Fsp3) is 0.111. The summed E-state index contributed by atoms with van der Waals surface area (Å²) in [5.74, 6) is 0. The number of hydrogen-bond donors (Lipinski definition) is 2. The minimum Gasteiger partial charge on any atom is -0.632 e. The number of carbonyl (C=O) groups excluding carboxylic acids is 4. The van der Waals surface area contributed by atoms with E-state index in [4.69, 9.17) is 11.5 Å². The van der Waals surface area contributed by atoms with Crippen LogP contribution in [0.2, 0.25) is 0 Å². The first-order valence-electron chi connectivity index (χ1n) is 11.2. The van der Waals surface area contributed by atoms with Crippen molar-refractivity contribution in [1.82, 2.24) is 19.9 Å². The average molecular weight is 694 g/mol. The number of fused-ring (bicyclic) bond motifs is 2. The summed E-state index contributed by atoms with van der Waals surface area (Å²) >= 11 is 0. The minimum atomic E-state index is -0.995. The van der Waals surface area contributed by atoms with Crippen LogP contribution in [0.5, 0.6) is 0 Å². The molecule has 5 aromatic rings. The molecule has 0 aliphatic heterocycles. The molecule has 0 aliphatic carbocycles. The molecule has 0 saturated carbocycles. The van der Waals surface area contributed by atoms with Gasteiger partial charge in [-0.2, -0.15) is 17.2 Å². The Balaban J connectivity index is 0.00000119. The van der Waals surface area contributed by atoms with Crippen molar-refractivity contribution in [3.63, 3.8) is 0 Å². The average Bonchev–Trinajstić information content (AvgIpc) is 3.62. The van der Waals surface area contributed by atoms with E-state index < -0.39 is 12.2 Å². The molecule has 0 spiro atoms. The largest absolute Gasteiger partial charge is 2.00 e. The van der Waals surface area contributed by atoms with Crippen LogP contribution in [0.1, 0.15) is 7.43 Å². The van der Waals surface area contributed by atoms with Gasteiger partial charge in [-0.15, -0.1) is 0 Å². The molecule has 2 aromatic heterocycles. The first kappa shape index (κ1) is 39.5. The molecule has 2 amide bonds. The van der Waals surface area contributed by atoms with Gasteiger partial charge in [-0.05, 0) is 45.8 Å². The number of aromatic amines is 2. The maximum atomic E-state index is 10.6. The van der Waals surface area contributed by atoms with E-state index in [-0.39, 0.29) is 61.7 Å². The van der Waals surface area contributed by atoms with Gasteiger partial charge in [0.2, 0.25) is 12.2 Å². The fourth-order valence-corrected chi connectivity index (χ4v) is 4.34. The molecule has 2 unspecified atom stereocenters. The Labute approximate surface area is 275 Å². The number of hydrogen-bond acceptors (Lipinski definition) is 8. The second kappa shape index (κ2) is 19.7. The maximum Gasteiger partial charge on any atom is 2.00 e. The zero-order valence-electron chi connectivity index (χ0n) is 22.0. The summed E-state index contributed by atoms with van der Waals surface area (Å²) in [5.41, 5.74) is 17.0. The summed E-state index contributed by atoms with van der Waals surface area (Å²) in [6, 6.07) is 20.6. The van der Waals surface area contributed by atoms with Crippen LogP contribution in [0.3, 0.4) is 0 Å². The Bertz CT molecular complexity index is 1540. The van der Waals surface area contributed by atoms with Crippen LogP contribution >= 0.6 is 17.2 Å². The number of nitrogens with zero attached hydrogens (tertiary/aromatic N) is 2. The van der Waals surface area contributed by atoms with Gasteiger partial charge in [-0.3, -0.25) is 9.59 Å². The summed E-state index contributed by atoms with van der Waals surface area (Å²) in [6.45, 7) is 0. The third-order valence-electron chi connectivity index (χ3n) is 5.28. The van der Waals surface area contributed by atoms with Crippen LogP contribution < -0.4 is 11.1 Å². The van der Waals surface area contributed by atoms with Crippen molar-refractivity contribution in [2.45, 2.75) is 7.43 Å². The van der Waals surface area contributed by atoms with Crippen molar-refractivity contribution < 1.29 is 65.8 Å². The standard InChI is InChI=1S/C22H14N4O2P2.2C2H5NO2.CH4.2V/c27-11-29-21-23-9-19(25-21)15-3-1-13-5-18-8-16(4-2-14(18)6-17(13)7-15)20-10-24-22(26-20)30-12-28;2*1-5-2(3)4;;;/h1-10,29-30H,(H,23,25)(H,24,26);2*1H3,(H2,3,4);1H4;;/q-2;;;;2*+2/p-2. The Morgan fingerprint density at radius 1 is 0.698 bits per heavy atom. The molecule has 0 bridgehead atoms. The molecule has 5 rings (SSSR count). The second-order valence-corrected chi connectivity index (χ2v) is 9.56. The van der Waals surface area contributed by atoms with E-state index in [1.54, 1.807) is 12.4 Å². The third kappa shape index (κ3) is 11.6. The van der Waals surface area contributed by atoms with Crippen molar-refractivity contribution >= 4 is 74.1 Å². The monoisotopic (exact) mass is 694 g/mol. The predicted molar refractivity (Wildman–Crippen MR) is 164 cm³/mol. The molecular weight excluding hydrogens is 668 g/mol. The number of amides is 2. The van der Waals surface area contributed by atoms with Gasteiger partial charge in [0.05, 0.1) is 49.1 Å². The number of imidazole rings is 2. The van der Waals surface area contributed by atoms with Gasteiger partial charge in [-0.1, -0.05) is 31.7 Å². The first-order chi connectivity index (χ1) is 19.3. The molecule has 0 fully saturated rings. The number of aromatic nitrogens is 4. The van der Waals surface area contributed by atoms with Crippen molar-refractivity contribution in [2.75, 3.05) is 14.2 Å². The molecule has 43 heavy (non-hydrogen) atoms. The number of rotatable bonds is 6. The van der Waals surface area contributed by atoms with Crippen molar-refractivity contribution in [3.05, 3.63) is 72.4 Å². The quantitative estimate of drug-likeness (QED) is 0.127. The molecule has 2 atom stereocenters. The van der Waals surface area contributed by atoms with Gasteiger partial charge in [0.25, 0.3) is 0 Å². The molecule has 3 aromatic carbocycles. The van der Waals surface area contributed by atoms with E-state index in [1.807, 2.05) is 24.2 Å². The predicted octanol–water partition coefficient (Wildman–Crippen LogP) is 5.76. The van der Waals surface area contributed by atoms with E-state index in [9.17, 15) is 19.2 Å². The SMILES string of the molecule is C.COC([NH-])=O.COC([NH-])=O.O=[C-]Pc1ncc(-c2ccc3cc4cc(-c5cnc(P[C-]=O)[nH]5)ccc4cc3c2)[nH]1.[V+2].[V+2]. The fourth-order valence-electron chi connectivity index (χ4n) is 3.49. The Morgan fingerprint density at radius 3 is 1.35 bits per heavy atom. The van der Waals surface area contributed by atoms with Gasteiger partial charge in [-0.25, -0.2) is 22.0 Å². The maximum absolute atomic E-state index is 10.6. The molecule has 2 heterocycles. The normalized spacial score (nSPS) is 9.91. The van der Waals surface area contributed by atoms with Crippen molar-refractivity contribution in [2.24, 2.45) is 0 Å². The Kier molecular flexibility index (Phi) is 18.1. The summed E-state index contributed by atoms with van der Waals surface area (Å²) in [6.07, 6.45) is 1.50.